The van der Waals surface area contributed by atoms with Gasteiger partial charge in [0.1, 0.15) is 0 Å². The van der Waals surface area contributed by atoms with Gasteiger partial charge in [-0.1, -0.05) is 63.3 Å². The summed E-state index contributed by atoms with van der Waals surface area (Å²) in [7, 11) is 0. The van der Waals surface area contributed by atoms with Crippen molar-refractivity contribution in [1.82, 2.24) is 9.80 Å². The van der Waals surface area contributed by atoms with Crippen LogP contribution in [0.25, 0.3) is 0 Å². The van der Waals surface area contributed by atoms with Crippen LogP contribution in [0.4, 0.5) is 0 Å². The molecule has 3 aliphatic rings. The Balaban J connectivity index is 1.22. The van der Waals surface area contributed by atoms with Gasteiger partial charge in [0.05, 0.1) is 31.1 Å². The number of aliphatic imine (C=N–C) groups is 1. The van der Waals surface area contributed by atoms with Crippen LogP contribution in [0.2, 0.25) is 0 Å². The second kappa shape index (κ2) is 9.29. The van der Waals surface area contributed by atoms with E-state index in [1.807, 2.05) is 11.2 Å². The Labute approximate surface area is 174 Å². The molecular weight excluding hydrogens is 362 g/mol. The van der Waals surface area contributed by atoms with E-state index in [4.69, 9.17) is 0 Å². The third kappa shape index (κ3) is 4.35. The van der Waals surface area contributed by atoms with E-state index in [1.54, 1.807) is 0 Å². The maximum Gasteiger partial charge on any atom is 0.222 e. The van der Waals surface area contributed by atoms with E-state index in [9.17, 15) is 9.90 Å². The van der Waals surface area contributed by atoms with Crippen LogP contribution in [0.1, 0.15) is 81.5 Å². The Morgan fingerprint density at radius 2 is 1.86 bits per heavy atom. The van der Waals surface area contributed by atoms with E-state index in [0.29, 0.717) is 32.0 Å². The van der Waals surface area contributed by atoms with Gasteiger partial charge in [-0.3, -0.25) is 9.79 Å². The van der Waals surface area contributed by atoms with Gasteiger partial charge in [0, 0.05) is 25.4 Å². The van der Waals surface area contributed by atoms with Gasteiger partial charge in [0.2, 0.25) is 5.91 Å². The third-order valence-corrected chi connectivity index (χ3v) is 6.94. The molecule has 29 heavy (non-hydrogen) atoms. The second-order valence-electron chi connectivity index (χ2n) is 8.97. The predicted octanol–water partition coefficient (Wildman–Crippen LogP) is 4.09. The number of carbonyl (C=O) groups excluding carboxylic acids is 1. The molecule has 0 bridgehead atoms. The van der Waals surface area contributed by atoms with Crippen LogP contribution in [0.3, 0.4) is 0 Å². The zero-order valence-electron chi connectivity index (χ0n) is 17.7. The highest BCUT2D eigenvalue weighted by Gasteiger charge is 2.42. The Morgan fingerprint density at radius 3 is 2.66 bits per heavy atom. The molecule has 4 rings (SSSR count). The maximum atomic E-state index is 12.4. The van der Waals surface area contributed by atoms with Gasteiger partial charge in [-0.2, -0.15) is 0 Å². The van der Waals surface area contributed by atoms with Crippen LogP contribution >= 0.6 is 0 Å². The van der Waals surface area contributed by atoms with E-state index < -0.39 is 0 Å². The molecule has 1 aromatic rings. The van der Waals surface area contributed by atoms with Gasteiger partial charge in [-0.25, -0.2) is 0 Å². The van der Waals surface area contributed by atoms with Crippen LogP contribution in [-0.2, 0) is 4.79 Å². The number of aliphatic hydroxyl groups excluding tert-OH is 1. The zero-order chi connectivity index (χ0) is 20.2. The molecule has 0 aromatic heterocycles. The molecule has 1 saturated heterocycles. The molecule has 1 aromatic carbocycles. The zero-order valence-corrected chi connectivity index (χ0v) is 17.7. The van der Waals surface area contributed by atoms with E-state index in [2.05, 4.69) is 41.1 Å². The topological polar surface area (TPSA) is 56.1 Å². The van der Waals surface area contributed by atoms with Crippen molar-refractivity contribution in [1.29, 1.82) is 0 Å². The van der Waals surface area contributed by atoms with Crippen molar-refractivity contribution in [2.75, 3.05) is 19.6 Å². The minimum atomic E-state index is -0.376. The van der Waals surface area contributed by atoms with Gasteiger partial charge in [0.25, 0.3) is 0 Å². The SMILES string of the molecule is CCCCCCCCC(=O)N1CC(C(O)CC2c3ccccc3C3CN=CN32)C1. The van der Waals surface area contributed by atoms with Crippen molar-refractivity contribution in [3.05, 3.63) is 35.4 Å². The highest BCUT2D eigenvalue weighted by atomic mass is 16.3. The summed E-state index contributed by atoms with van der Waals surface area (Å²) in [4.78, 5) is 21.1. The quantitative estimate of drug-likeness (QED) is 0.605. The highest BCUT2D eigenvalue weighted by Crippen LogP contribution is 2.45. The summed E-state index contributed by atoms with van der Waals surface area (Å²) in [5, 5.41) is 10.9. The number of carbonyl (C=O) groups is 1. The van der Waals surface area contributed by atoms with Crippen LogP contribution < -0.4 is 0 Å². The Morgan fingerprint density at radius 1 is 1.14 bits per heavy atom. The molecule has 158 valence electrons. The first-order chi connectivity index (χ1) is 14.2. The molecule has 3 unspecified atom stereocenters. The van der Waals surface area contributed by atoms with Crippen molar-refractivity contribution < 1.29 is 9.90 Å². The summed E-state index contributed by atoms with van der Waals surface area (Å²) in [6.45, 7) is 4.46. The minimum absolute atomic E-state index is 0.199. The number of nitrogens with zero attached hydrogens (tertiary/aromatic N) is 3. The first-order valence-electron chi connectivity index (χ1n) is 11.5. The largest absolute Gasteiger partial charge is 0.393 e. The normalized spacial score (nSPS) is 23.8. The second-order valence-corrected chi connectivity index (χ2v) is 8.97. The number of unbranched alkanes of at least 4 members (excludes halogenated alkanes) is 5. The molecule has 3 heterocycles. The fraction of sp³-hybridized carbons (Fsp3) is 0.667. The lowest BCUT2D eigenvalue weighted by Crippen LogP contribution is -2.54. The lowest BCUT2D eigenvalue weighted by Gasteiger charge is -2.43. The van der Waals surface area contributed by atoms with E-state index in [1.165, 1.54) is 36.8 Å². The smallest absolute Gasteiger partial charge is 0.222 e. The number of aliphatic hydroxyl groups is 1. The molecule has 5 nitrogen and oxygen atoms in total. The molecule has 0 aliphatic carbocycles. The average molecular weight is 398 g/mol. The number of benzene rings is 1. The molecule has 0 radical (unpaired) electrons. The lowest BCUT2D eigenvalue weighted by molar-refractivity contribution is -0.141. The molecule has 1 fully saturated rings. The number of hydrogen-bond donors (Lipinski definition) is 1. The van der Waals surface area contributed by atoms with Crippen LogP contribution in [0, 0.1) is 5.92 Å². The van der Waals surface area contributed by atoms with Crippen molar-refractivity contribution in [3.8, 4) is 0 Å². The number of hydrogen-bond acceptors (Lipinski definition) is 4. The van der Waals surface area contributed by atoms with Gasteiger partial charge >= 0.3 is 0 Å². The minimum Gasteiger partial charge on any atom is -0.393 e. The van der Waals surface area contributed by atoms with Gasteiger partial charge in [0.15, 0.2) is 0 Å². The van der Waals surface area contributed by atoms with Crippen molar-refractivity contribution in [2.45, 2.75) is 76.5 Å². The summed E-state index contributed by atoms with van der Waals surface area (Å²) in [5.41, 5.74) is 2.68. The Kier molecular flexibility index (Phi) is 6.53. The summed E-state index contributed by atoms with van der Waals surface area (Å²) in [5.74, 6) is 0.469. The maximum absolute atomic E-state index is 12.4. The molecule has 3 atom stereocenters. The van der Waals surface area contributed by atoms with E-state index in [-0.39, 0.29) is 24.0 Å². The Bertz CT molecular complexity index is 729. The van der Waals surface area contributed by atoms with E-state index in [0.717, 1.165) is 19.4 Å². The molecule has 3 aliphatic heterocycles. The standard InChI is InChI=1S/C24H35N3O2/c1-2-3-4-5-6-7-12-24(29)26-15-18(16-26)23(28)13-21-19-10-8-9-11-20(19)22-14-25-17-27(21)22/h8-11,17-18,21-23,28H,2-7,12-16H2,1H3. The highest BCUT2D eigenvalue weighted by molar-refractivity contribution is 5.77. The predicted molar refractivity (Wildman–Crippen MR) is 116 cm³/mol. The molecule has 0 spiro atoms. The van der Waals surface area contributed by atoms with Gasteiger partial charge in [-0.15, -0.1) is 0 Å². The van der Waals surface area contributed by atoms with Crippen molar-refractivity contribution in [3.63, 3.8) is 0 Å². The molecular formula is C24H35N3O2. The molecule has 1 N–H and O–H groups in total. The summed E-state index contributed by atoms with van der Waals surface area (Å²) in [6, 6.07) is 9.10. The fourth-order valence-electron chi connectivity index (χ4n) is 5.10. The average Bonchev–Trinajstić information content (AvgIpc) is 3.26. The fourth-order valence-corrected chi connectivity index (χ4v) is 5.10. The van der Waals surface area contributed by atoms with Gasteiger partial charge < -0.3 is 14.9 Å². The van der Waals surface area contributed by atoms with Crippen LogP contribution in [0.5, 0.6) is 0 Å². The Hall–Kier alpha value is -1.88. The summed E-state index contributed by atoms with van der Waals surface area (Å²) < 4.78 is 0. The van der Waals surface area contributed by atoms with Crippen LogP contribution in [-0.4, -0.2) is 52.9 Å². The monoisotopic (exact) mass is 397 g/mol. The first kappa shape index (κ1) is 20.4. The van der Waals surface area contributed by atoms with Gasteiger partial charge in [-0.05, 0) is 24.0 Å². The number of fused-ring (bicyclic) bond motifs is 3. The lowest BCUT2D eigenvalue weighted by atomic mass is 9.87. The molecule has 5 heteroatoms. The molecule has 1 amide bonds. The van der Waals surface area contributed by atoms with E-state index >= 15 is 0 Å². The third-order valence-electron chi connectivity index (χ3n) is 6.94. The van der Waals surface area contributed by atoms with Crippen LogP contribution in [0.15, 0.2) is 29.3 Å². The number of likely N-dealkylation sites (tertiary alicyclic amines) is 1. The summed E-state index contributed by atoms with van der Waals surface area (Å²) in [6.07, 6.45) is 10.2. The van der Waals surface area contributed by atoms with Crippen molar-refractivity contribution >= 4 is 12.2 Å². The first-order valence-corrected chi connectivity index (χ1v) is 11.5. The molecule has 0 saturated carbocycles. The number of amides is 1. The summed E-state index contributed by atoms with van der Waals surface area (Å²) >= 11 is 0. The number of rotatable bonds is 10. The van der Waals surface area contributed by atoms with Crippen molar-refractivity contribution in [2.24, 2.45) is 10.9 Å².